The van der Waals surface area contributed by atoms with E-state index in [9.17, 15) is 14.4 Å². The summed E-state index contributed by atoms with van der Waals surface area (Å²) >= 11 is 6.31. The summed E-state index contributed by atoms with van der Waals surface area (Å²) < 4.78 is 10.9. The number of ether oxygens (including phenoxy) is 2. The molecule has 1 fully saturated rings. The maximum atomic E-state index is 13.7. The number of hydrogen-bond donors (Lipinski definition) is 1. The summed E-state index contributed by atoms with van der Waals surface area (Å²) in [5.41, 5.74) is 2.95. The fourth-order valence-electron chi connectivity index (χ4n) is 5.55. The van der Waals surface area contributed by atoms with Crippen LogP contribution in [0.4, 0.5) is 0 Å². The first-order valence-electron chi connectivity index (χ1n) is 12.1. The van der Waals surface area contributed by atoms with Crippen LogP contribution in [-0.4, -0.2) is 30.9 Å². The van der Waals surface area contributed by atoms with E-state index in [1.165, 1.54) is 7.11 Å². The highest BCUT2D eigenvalue weighted by atomic mass is 35.5. The topological polar surface area (TPSA) is 81.7 Å². The molecule has 0 aromatic heterocycles. The number of methoxy groups -OCH3 is 1. The van der Waals surface area contributed by atoms with Gasteiger partial charge in [-0.3, -0.25) is 9.59 Å². The Balaban J connectivity index is 1.77. The number of hydrogen-bond acceptors (Lipinski definition) is 6. The maximum Gasteiger partial charge on any atom is 0.337 e. The summed E-state index contributed by atoms with van der Waals surface area (Å²) in [6, 6.07) is 7.19. The number of rotatable bonds is 4. The Bertz CT molecular complexity index is 1050. The van der Waals surface area contributed by atoms with Gasteiger partial charge in [0, 0.05) is 27.9 Å². The smallest absolute Gasteiger partial charge is 0.337 e. The molecule has 34 heavy (non-hydrogen) atoms. The molecule has 182 valence electrons. The third kappa shape index (κ3) is 4.78. The van der Waals surface area contributed by atoms with Crippen molar-refractivity contribution in [3.8, 4) is 0 Å². The van der Waals surface area contributed by atoms with E-state index in [-0.39, 0.29) is 17.8 Å². The number of dihydropyridines is 1. The second-order valence-corrected chi connectivity index (χ2v) is 10.0. The zero-order chi connectivity index (χ0) is 24.4. The second-order valence-electron chi connectivity index (χ2n) is 9.61. The Labute approximate surface area is 205 Å². The molecular weight excluding hydrogens is 454 g/mol. The van der Waals surface area contributed by atoms with Gasteiger partial charge >= 0.3 is 11.9 Å². The van der Waals surface area contributed by atoms with Crippen LogP contribution in [0.15, 0.2) is 46.8 Å². The minimum Gasteiger partial charge on any atom is -0.468 e. The van der Waals surface area contributed by atoms with Crippen LogP contribution >= 0.6 is 11.6 Å². The van der Waals surface area contributed by atoms with E-state index < -0.39 is 23.8 Å². The van der Waals surface area contributed by atoms with E-state index in [0.29, 0.717) is 28.3 Å². The first-order chi connectivity index (χ1) is 16.3. The van der Waals surface area contributed by atoms with Crippen molar-refractivity contribution in [3.63, 3.8) is 0 Å². The number of benzene rings is 1. The van der Waals surface area contributed by atoms with Gasteiger partial charge in [-0.2, -0.15) is 0 Å². The molecule has 0 unspecified atom stereocenters. The number of carbonyl (C=O) groups is 3. The molecule has 0 spiro atoms. The van der Waals surface area contributed by atoms with Crippen molar-refractivity contribution >= 4 is 29.3 Å². The lowest BCUT2D eigenvalue weighted by Gasteiger charge is -2.38. The van der Waals surface area contributed by atoms with Crippen molar-refractivity contribution in [2.45, 2.75) is 70.8 Å². The average molecular weight is 486 g/mol. The predicted octanol–water partition coefficient (Wildman–Crippen LogP) is 5.22. The van der Waals surface area contributed by atoms with Crippen molar-refractivity contribution in [1.29, 1.82) is 0 Å². The Morgan fingerprint density at radius 2 is 1.82 bits per heavy atom. The molecular formula is C27H32ClNO5. The van der Waals surface area contributed by atoms with Crippen LogP contribution in [0, 0.1) is 11.8 Å². The summed E-state index contributed by atoms with van der Waals surface area (Å²) in [4.78, 5) is 39.9. The third-order valence-corrected chi connectivity index (χ3v) is 7.46. The van der Waals surface area contributed by atoms with Gasteiger partial charge in [-0.1, -0.05) is 43.5 Å². The highest BCUT2D eigenvalue weighted by Gasteiger charge is 2.47. The number of allylic oxidation sites excluding steroid dienone is 3. The quantitative estimate of drug-likeness (QED) is 0.358. The summed E-state index contributed by atoms with van der Waals surface area (Å²) in [6.07, 6.45) is 6.46. The summed E-state index contributed by atoms with van der Waals surface area (Å²) in [5, 5.41) is 3.81. The first kappa shape index (κ1) is 24.5. The molecule has 0 radical (unpaired) electrons. The molecule has 6 nitrogen and oxygen atoms in total. The van der Waals surface area contributed by atoms with Crippen molar-refractivity contribution in [2.75, 3.05) is 7.11 Å². The fraction of sp³-hybridized carbons (Fsp3) is 0.519. The van der Waals surface area contributed by atoms with Gasteiger partial charge in [-0.15, -0.1) is 0 Å². The van der Waals surface area contributed by atoms with Gasteiger partial charge in [0.05, 0.1) is 12.7 Å². The molecule has 2 aliphatic carbocycles. The lowest BCUT2D eigenvalue weighted by molar-refractivity contribution is -0.151. The normalized spacial score (nSPS) is 25.9. The van der Waals surface area contributed by atoms with Crippen LogP contribution < -0.4 is 5.32 Å². The molecule has 1 saturated carbocycles. The zero-order valence-corrected chi connectivity index (χ0v) is 20.7. The van der Waals surface area contributed by atoms with Crippen LogP contribution in [0.3, 0.4) is 0 Å². The molecule has 7 heteroatoms. The molecule has 1 heterocycles. The van der Waals surface area contributed by atoms with Gasteiger partial charge in [0.1, 0.15) is 12.0 Å². The van der Waals surface area contributed by atoms with Crippen LogP contribution in [0.25, 0.3) is 0 Å². The summed E-state index contributed by atoms with van der Waals surface area (Å²) in [7, 11) is 1.29. The monoisotopic (exact) mass is 485 g/mol. The van der Waals surface area contributed by atoms with Crippen LogP contribution in [-0.2, 0) is 23.9 Å². The van der Waals surface area contributed by atoms with Gasteiger partial charge in [0.25, 0.3) is 0 Å². The molecule has 4 rings (SSSR count). The number of carbonyl (C=O) groups excluding carboxylic acids is 3. The molecule has 0 amide bonds. The van der Waals surface area contributed by atoms with Crippen molar-refractivity contribution in [2.24, 2.45) is 11.8 Å². The van der Waals surface area contributed by atoms with Crippen molar-refractivity contribution < 1.29 is 23.9 Å². The van der Waals surface area contributed by atoms with Gasteiger partial charge in [-0.05, 0) is 62.6 Å². The highest BCUT2D eigenvalue weighted by Crippen LogP contribution is 2.46. The Morgan fingerprint density at radius 3 is 2.47 bits per heavy atom. The van der Waals surface area contributed by atoms with E-state index >= 15 is 0 Å². The highest BCUT2D eigenvalue weighted by molar-refractivity contribution is 6.30. The largest absolute Gasteiger partial charge is 0.468 e. The second kappa shape index (κ2) is 10.3. The van der Waals surface area contributed by atoms with Crippen LogP contribution in [0.5, 0.6) is 0 Å². The minimum absolute atomic E-state index is 0.129. The lowest BCUT2D eigenvalue weighted by Crippen LogP contribution is -2.43. The van der Waals surface area contributed by atoms with Crippen LogP contribution in [0.2, 0.25) is 5.02 Å². The van der Waals surface area contributed by atoms with E-state index in [4.69, 9.17) is 21.1 Å². The molecule has 1 N–H and O–H groups in total. The number of halogens is 1. The van der Waals surface area contributed by atoms with Crippen LogP contribution in [0.1, 0.15) is 70.3 Å². The predicted molar refractivity (Wildman–Crippen MR) is 129 cm³/mol. The Kier molecular flexibility index (Phi) is 7.46. The van der Waals surface area contributed by atoms with E-state index in [0.717, 1.165) is 49.8 Å². The van der Waals surface area contributed by atoms with Gasteiger partial charge in [0.15, 0.2) is 5.78 Å². The Hall–Kier alpha value is -2.60. The summed E-state index contributed by atoms with van der Waals surface area (Å²) in [6.45, 7) is 3.71. The molecule has 3 atom stereocenters. The maximum absolute atomic E-state index is 13.7. The molecule has 1 aliphatic heterocycles. The molecule has 1 aromatic carbocycles. The Morgan fingerprint density at radius 1 is 1.12 bits per heavy atom. The number of nitrogens with one attached hydrogen (secondary N) is 1. The zero-order valence-electron chi connectivity index (χ0n) is 20.0. The average Bonchev–Trinajstić information content (AvgIpc) is 3.06. The first-order valence-corrected chi connectivity index (χ1v) is 12.5. The SMILES string of the molecule is COC(=O)[C@H]1C(=O)C2=C(C[C@@H]1C)NC(C)=C(C(=O)OC1CCCCCC1)[C@H]2c1cccc(Cl)c1. The standard InChI is InChI=1S/C27H32ClNO5/c1-15-13-20-24(25(30)21(15)26(31)33-3)23(17-9-8-10-18(28)14-17)22(16(2)29-20)27(32)34-19-11-6-4-5-7-12-19/h8-10,14-15,19,21,23,29H,4-7,11-13H2,1-3H3/t15-,21+,23+/m0/s1. The molecule has 0 saturated heterocycles. The van der Waals surface area contributed by atoms with E-state index in [1.54, 1.807) is 18.2 Å². The summed E-state index contributed by atoms with van der Waals surface area (Å²) in [5.74, 6) is -3.09. The fourth-order valence-corrected chi connectivity index (χ4v) is 5.74. The van der Waals surface area contributed by atoms with Gasteiger partial charge in [-0.25, -0.2) is 4.79 Å². The van der Waals surface area contributed by atoms with E-state index in [1.807, 2.05) is 19.9 Å². The number of esters is 2. The third-order valence-electron chi connectivity index (χ3n) is 7.22. The molecule has 1 aromatic rings. The lowest BCUT2D eigenvalue weighted by atomic mass is 9.69. The minimum atomic E-state index is -0.912. The van der Waals surface area contributed by atoms with Crippen molar-refractivity contribution in [1.82, 2.24) is 5.32 Å². The van der Waals surface area contributed by atoms with Gasteiger partial charge < -0.3 is 14.8 Å². The number of ketones is 1. The van der Waals surface area contributed by atoms with E-state index in [2.05, 4.69) is 5.32 Å². The number of Topliss-reactive ketones (excluding diaryl/α,β-unsaturated/α-hetero) is 1. The molecule has 3 aliphatic rings. The van der Waals surface area contributed by atoms with Gasteiger partial charge in [0.2, 0.25) is 0 Å². The van der Waals surface area contributed by atoms with Crippen molar-refractivity contribution in [3.05, 3.63) is 57.4 Å². The molecule has 0 bridgehead atoms.